The van der Waals surface area contributed by atoms with Crippen LogP contribution in [0.4, 0.5) is 11.6 Å². The molecule has 0 radical (unpaired) electrons. The summed E-state index contributed by atoms with van der Waals surface area (Å²) < 4.78 is 5.39. The largest absolute Gasteiger partial charge is 0.490 e. The Morgan fingerprint density at radius 3 is 2.71 bits per heavy atom. The molecule has 5 nitrogen and oxygen atoms in total. The van der Waals surface area contributed by atoms with Gasteiger partial charge in [-0.25, -0.2) is 9.97 Å². The van der Waals surface area contributed by atoms with Gasteiger partial charge in [-0.05, 0) is 13.3 Å². The predicted octanol–water partition coefficient (Wildman–Crippen LogP) is 2.15. The van der Waals surface area contributed by atoms with Crippen molar-refractivity contribution in [2.45, 2.75) is 32.7 Å². The molecule has 0 aliphatic heterocycles. The summed E-state index contributed by atoms with van der Waals surface area (Å²) >= 11 is 0. The highest BCUT2D eigenvalue weighted by atomic mass is 16.5. The fourth-order valence-corrected chi connectivity index (χ4v) is 1.80. The zero-order valence-corrected chi connectivity index (χ0v) is 11.3. The molecule has 1 N–H and O–H groups in total. The number of hydrogen-bond donors (Lipinski definition) is 1. The lowest BCUT2D eigenvalue weighted by atomic mass is 10.2. The molecule has 1 unspecified atom stereocenters. The summed E-state index contributed by atoms with van der Waals surface area (Å²) in [6, 6.07) is 0.425. The van der Waals surface area contributed by atoms with Gasteiger partial charge in [-0.15, -0.1) is 0 Å². The predicted molar refractivity (Wildman–Crippen MR) is 70.9 cm³/mol. The molecule has 1 aromatic heterocycles. The molecule has 5 heteroatoms. The molecular weight excluding hydrogens is 216 g/mol. The zero-order valence-electron chi connectivity index (χ0n) is 11.3. The van der Waals surface area contributed by atoms with Crippen molar-refractivity contribution in [1.82, 2.24) is 9.97 Å². The average Bonchev–Trinajstić information content (AvgIpc) is 2.36. The van der Waals surface area contributed by atoms with Crippen LogP contribution < -0.4 is 15.0 Å². The molecule has 0 amide bonds. The molecule has 96 valence electrons. The summed E-state index contributed by atoms with van der Waals surface area (Å²) in [6.07, 6.45) is 3.83. The Kier molecular flexibility index (Phi) is 5.00. The second kappa shape index (κ2) is 6.27. The lowest BCUT2D eigenvalue weighted by molar-refractivity contribution is 0.411. The second-order valence-corrected chi connectivity index (χ2v) is 4.08. The Labute approximate surface area is 103 Å². The van der Waals surface area contributed by atoms with E-state index in [0.717, 1.165) is 18.7 Å². The second-order valence-electron chi connectivity index (χ2n) is 4.08. The maximum atomic E-state index is 5.39. The van der Waals surface area contributed by atoms with Gasteiger partial charge in [0.25, 0.3) is 0 Å². The zero-order chi connectivity index (χ0) is 12.8. The van der Waals surface area contributed by atoms with Gasteiger partial charge in [-0.1, -0.05) is 13.3 Å². The van der Waals surface area contributed by atoms with E-state index in [1.54, 1.807) is 13.4 Å². The molecular formula is C12H22N4O. The first-order valence-electron chi connectivity index (χ1n) is 5.95. The minimum Gasteiger partial charge on any atom is -0.490 e. The molecule has 17 heavy (non-hydrogen) atoms. The van der Waals surface area contributed by atoms with Crippen LogP contribution in [-0.4, -0.2) is 37.2 Å². The van der Waals surface area contributed by atoms with Crippen LogP contribution in [0.5, 0.6) is 5.75 Å². The van der Waals surface area contributed by atoms with Gasteiger partial charge in [0.15, 0.2) is 11.6 Å². The number of rotatable bonds is 6. The van der Waals surface area contributed by atoms with Gasteiger partial charge in [0.05, 0.1) is 7.11 Å². The summed E-state index contributed by atoms with van der Waals surface area (Å²) in [7, 11) is 5.50. The Hall–Kier alpha value is -1.52. The van der Waals surface area contributed by atoms with E-state index in [1.165, 1.54) is 0 Å². The number of anilines is 2. The van der Waals surface area contributed by atoms with Crippen molar-refractivity contribution in [3.05, 3.63) is 6.33 Å². The monoisotopic (exact) mass is 238 g/mol. The third-order valence-corrected chi connectivity index (χ3v) is 2.93. The van der Waals surface area contributed by atoms with Crippen LogP contribution in [0.2, 0.25) is 0 Å². The van der Waals surface area contributed by atoms with Crippen LogP contribution >= 0.6 is 0 Å². The van der Waals surface area contributed by atoms with Crippen molar-refractivity contribution in [3.63, 3.8) is 0 Å². The van der Waals surface area contributed by atoms with Gasteiger partial charge >= 0.3 is 0 Å². The van der Waals surface area contributed by atoms with Crippen LogP contribution in [-0.2, 0) is 0 Å². The number of methoxy groups -OCH3 is 1. The van der Waals surface area contributed by atoms with Gasteiger partial charge in [-0.2, -0.15) is 0 Å². The van der Waals surface area contributed by atoms with Crippen molar-refractivity contribution in [2.24, 2.45) is 0 Å². The average molecular weight is 238 g/mol. The number of hydrogen-bond acceptors (Lipinski definition) is 5. The van der Waals surface area contributed by atoms with Gasteiger partial charge in [0.1, 0.15) is 6.33 Å². The van der Waals surface area contributed by atoms with Crippen LogP contribution in [0.3, 0.4) is 0 Å². The Balaban J connectivity index is 3.03. The fourth-order valence-electron chi connectivity index (χ4n) is 1.80. The Morgan fingerprint density at radius 1 is 1.47 bits per heavy atom. The van der Waals surface area contributed by atoms with Crippen LogP contribution in [0.1, 0.15) is 26.7 Å². The number of aromatic nitrogens is 2. The van der Waals surface area contributed by atoms with E-state index >= 15 is 0 Å². The molecule has 0 bridgehead atoms. The summed E-state index contributed by atoms with van der Waals surface area (Å²) in [5.41, 5.74) is 0. The Morgan fingerprint density at radius 2 is 2.18 bits per heavy atom. The number of ether oxygens (including phenoxy) is 1. The van der Waals surface area contributed by atoms with Crippen molar-refractivity contribution in [3.8, 4) is 5.75 Å². The quantitative estimate of drug-likeness (QED) is 0.823. The summed E-state index contributed by atoms with van der Waals surface area (Å²) in [4.78, 5) is 10.6. The standard InChI is InChI=1S/C12H22N4O/c1-6-7-9(2)16(4)12-10(17-5)11(13-3)14-8-15-12/h8-9H,6-7H2,1-5H3,(H,13,14,15). The van der Waals surface area contributed by atoms with Gasteiger partial charge in [0, 0.05) is 20.1 Å². The van der Waals surface area contributed by atoms with E-state index < -0.39 is 0 Å². The molecule has 1 atom stereocenters. The van der Waals surface area contributed by atoms with Crippen molar-refractivity contribution in [2.75, 3.05) is 31.4 Å². The van der Waals surface area contributed by atoms with Crippen LogP contribution in [0.25, 0.3) is 0 Å². The van der Waals surface area contributed by atoms with Crippen molar-refractivity contribution in [1.29, 1.82) is 0 Å². The van der Waals surface area contributed by atoms with Crippen molar-refractivity contribution >= 4 is 11.6 Å². The van der Waals surface area contributed by atoms with Gasteiger partial charge in [0.2, 0.25) is 5.75 Å². The molecule has 0 aromatic carbocycles. The molecule has 0 aliphatic rings. The lowest BCUT2D eigenvalue weighted by Crippen LogP contribution is -2.30. The van der Waals surface area contributed by atoms with Crippen LogP contribution in [0.15, 0.2) is 6.33 Å². The molecule has 1 rings (SSSR count). The summed E-state index contributed by atoms with van der Waals surface area (Å²) in [5.74, 6) is 2.24. The highest BCUT2D eigenvalue weighted by molar-refractivity contribution is 5.64. The van der Waals surface area contributed by atoms with Crippen LogP contribution in [0, 0.1) is 0 Å². The maximum Gasteiger partial charge on any atom is 0.204 e. The van der Waals surface area contributed by atoms with Gasteiger partial charge < -0.3 is 15.0 Å². The molecule has 1 aromatic rings. The molecule has 0 fully saturated rings. The first-order valence-corrected chi connectivity index (χ1v) is 5.95. The summed E-state index contributed by atoms with van der Waals surface area (Å²) in [6.45, 7) is 4.37. The van der Waals surface area contributed by atoms with E-state index in [4.69, 9.17) is 4.74 Å². The van der Waals surface area contributed by atoms with E-state index in [2.05, 4.69) is 34.0 Å². The third kappa shape index (κ3) is 2.99. The fraction of sp³-hybridized carbons (Fsp3) is 0.667. The topological polar surface area (TPSA) is 50.3 Å². The molecule has 0 aliphatic carbocycles. The highest BCUT2D eigenvalue weighted by Gasteiger charge is 2.18. The number of nitrogens with zero attached hydrogens (tertiary/aromatic N) is 3. The van der Waals surface area contributed by atoms with E-state index in [-0.39, 0.29) is 0 Å². The Bertz CT molecular complexity index is 356. The third-order valence-electron chi connectivity index (χ3n) is 2.93. The molecule has 0 spiro atoms. The van der Waals surface area contributed by atoms with Gasteiger partial charge in [-0.3, -0.25) is 0 Å². The van der Waals surface area contributed by atoms with E-state index in [9.17, 15) is 0 Å². The summed E-state index contributed by atoms with van der Waals surface area (Å²) in [5, 5.41) is 3.01. The smallest absolute Gasteiger partial charge is 0.204 e. The lowest BCUT2D eigenvalue weighted by Gasteiger charge is -2.27. The maximum absolute atomic E-state index is 5.39. The molecule has 1 heterocycles. The highest BCUT2D eigenvalue weighted by Crippen LogP contribution is 2.32. The van der Waals surface area contributed by atoms with Crippen molar-refractivity contribution < 1.29 is 4.74 Å². The minimum atomic E-state index is 0.425. The van der Waals surface area contributed by atoms with E-state index in [0.29, 0.717) is 17.6 Å². The SMILES string of the molecule is CCCC(C)N(C)c1ncnc(NC)c1OC. The first-order chi connectivity index (χ1) is 8.15. The minimum absolute atomic E-state index is 0.425. The first kappa shape index (κ1) is 13.5. The molecule has 0 saturated heterocycles. The molecule has 0 saturated carbocycles. The number of nitrogens with one attached hydrogen (secondary N) is 1. The van der Waals surface area contributed by atoms with E-state index in [1.807, 2.05) is 14.1 Å². The normalized spacial score (nSPS) is 12.1.